The lowest BCUT2D eigenvalue weighted by Crippen LogP contribution is -2.14. The first-order chi connectivity index (χ1) is 9.40. The predicted molar refractivity (Wildman–Crippen MR) is 76.1 cm³/mol. The molecular formula is C15H19NO4. The van der Waals surface area contributed by atoms with Crippen LogP contribution >= 0.6 is 0 Å². The monoisotopic (exact) mass is 277 g/mol. The highest BCUT2D eigenvalue weighted by Gasteiger charge is 2.18. The summed E-state index contributed by atoms with van der Waals surface area (Å²) in [5, 5.41) is 2.58. The summed E-state index contributed by atoms with van der Waals surface area (Å²) in [5.74, 6) is -0.897. The van der Waals surface area contributed by atoms with E-state index in [4.69, 9.17) is 4.74 Å². The molecule has 0 radical (unpaired) electrons. The number of benzene rings is 1. The fourth-order valence-corrected chi connectivity index (χ4v) is 1.94. The molecule has 0 aromatic heterocycles. The molecule has 108 valence electrons. The lowest BCUT2D eigenvalue weighted by Gasteiger charge is -2.13. The number of Topliss-reactive ketones (excluding diaryl/α,β-unsaturated/α-hetero) is 1. The largest absolute Gasteiger partial charge is 0.465 e. The Bertz CT molecular complexity index is 549. The number of aryl methyl sites for hydroxylation is 1. The van der Waals surface area contributed by atoms with Crippen molar-refractivity contribution in [1.29, 1.82) is 0 Å². The number of carbonyl (C=O) groups excluding carboxylic acids is 3. The zero-order valence-corrected chi connectivity index (χ0v) is 12.2. The maximum atomic E-state index is 12.0. The number of nitrogens with one attached hydrogen (secondary N) is 1. The summed E-state index contributed by atoms with van der Waals surface area (Å²) in [6, 6.07) is 3.11. The van der Waals surface area contributed by atoms with Crippen molar-refractivity contribution in [3.8, 4) is 0 Å². The van der Waals surface area contributed by atoms with Gasteiger partial charge in [0.25, 0.3) is 0 Å². The van der Waals surface area contributed by atoms with Crippen LogP contribution in [0.25, 0.3) is 0 Å². The minimum atomic E-state index is -0.584. The fraction of sp³-hybridized carbons (Fsp3) is 0.400. The van der Waals surface area contributed by atoms with E-state index in [9.17, 15) is 14.4 Å². The summed E-state index contributed by atoms with van der Waals surface area (Å²) < 4.78 is 4.69. The number of hydrogen-bond acceptors (Lipinski definition) is 4. The summed E-state index contributed by atoms with van der Waals surface area (Å²) >= 11 is 0. The van der Waals surface area contributed by atoms with Gasteiger partial charge in [0.15, 0.2) is 5.78 Å². The fourth-order valence-electron chi connectivity index (χ4n) is 1.94. The van der Waals surface area contributed by atoms with E-state index in [1.807, 2.05) is 6.92 Å². The first-order valence-corrected chi connectivity index (χ1v) is 6.44. The molecule has 1 rings (SSSR count). The summed E-state index contributed by atoms with van der Waals surface area (Å²) in [5.41, 5.74) is 1.75. The Morgan fingerprint density at radius 3 is 2.35 bits per heavy atom. The highest BCUT2D eigenvalue weighted by Crippen LogP contribution is 2.23. The smallest absolute Gasteiger partial charge is 0.339 e. The van der Waals surface area contributed by atoms with Crippen LogP contribution < -0.4 is 5.32 Å². The van der Waals surface area contributed by atoms with Gasteiger partial charge in [-0.25, -0.2) is 4.79 Å². The molecule has 1 aromatic carbocycles. The molecule has 0 saturated carbocycles. The zero-order chi connectivity index (χ0) is 15.3. The van der Waals surface area contributed by atoms with E-state index in [-0.39, 0.29) is 17.3 Å². The zero-order valence-electron chi connectivity index (χ0n) is 12.2. The van der Waals surface area contributed by atoms with Crippen molar-refractivity contribution in [2.45, 2.75) is 33.6 Å². The third kappa shape index (κ3) is 3.66. The number of esters is 1. The van der Waals surface area contributed by atoms with Gasteiger partial charge in [-0.05, 0) is 31.0 Å². The van der Waals surface area contributed by atoms with Gasteiger partial charge in [0.1, 0.15) is 0 Å². The van der Waals surface area contributed by atoms with Gasteiger partial charge in [0.05, 0.1) is 18.4 Å². The maximum absolute atomic E-state index is 12.0. The molecule has 0 heterocycles. The van der Waals surface area contributed by atoms with E-state index in [1.54, 1.807) is 13.0 Å². The first-order valence-electron chi connectivity index (χ1n) is 6.44. The molecule has 5 heteroatoms. The van der Waals surface area contributed by atoms with Crippen molar-refractivity contribution in [1.82, 2.24) is 0 Å². The minimum Gasteiger partial charge on any atom is -0.465 e. The Morgan fingerprint density at radius 2 is 1.85 bits per heavy atom. The van der Waals surface area contributed by atoms with Gasteiger partial charge in [0, 0.05) is 18.9 Å². The predicted octanol–water partition coefficient (Wildman–Crippen LogP) is 2.72. The molecule has 1 N–H and O–H groups in total. The summed E-state index contributed by atoms with van der Waals surface area (Å²) in [6.07, 6.45) is 1.15. The highest BCUT2D eigenvalue weighted by molar-refractivity contribution is 6.05. The lowest BCUT2D eigenvalue weighted by atomic mass is 9.97. The van der Waals surface area contributed by atoms with Gasteiger partial charge in [-0.15, -0.1) is 0 Å². The third-order valence-electron chi connectivity index (χ3n) is 2.86. The van der Waals surface area contributed by atoms with E-state index >= 15 is 0 Å². The molecule has 1 amide bonds. The van der Waals surface area contributed by atoms with Crippen molar-refractivity contribution < 1.29 is 19.1 Å². The summed E-state index contributed by atoms with van der Waals surface area (Å²) in [6.45, 7) is 5.04. The Balaban J connectivity index is 3.35. The average molecular weight is 277 g/mol. The van der Waals surface area contributed by atoms with E-state index in [2.05, 4.69) is 5.32 Å². The van der Waals surface area contributed by atoms with Gasteiger partial charge >= 0.3 is 5.97 Å². The molecular weight excluding hydrogens is 258 g/mol. The quantitative estimate of drug-likeness (QED) is 0.663. The van der Waals surface area contributed by atoms with Crippen LogP contribution in [0.2, 0.25) is 0 Å². The third-order valence-corrected chi connectivity index (χ3v) is 2.86. The molecule has 0 spiro atoms. The number of rotatable bonds is 5. The van der Waals surface area contributed by atoms with E-state index in [0.29, 0.717) is 17.7 Å². The van der Waals surface area contributed by atoms with E-state index in [1.165, 1.54) is 20.1 Å². The van der Waals surface area contributed by atoms with Crippen molar-refractivity contribution in [2.75, 3.05) is 12.4 Å². The minimum absolute atomic E-state index is 0.0236. The molecule has 1 aromatic rings. The molecule has 0 saturated heterocycles. The van der Waals surface area contributed by atoms with Crippen molar-refractivity contribution in [3.05, 3.63) is 28.8 Å². The molecule has 0 aliphatic rings. The number of ketones is 1. The number of amides is 1. The van der Waals surface area contributed by atoms with Crippen LogP contribution in [0.15, 0.2) is 12.1 Å². The van der Waals surface area contributed by atoms with E-state index < -0.39 is 5.97 Å². The Hall–Kier alpha value is -2.17. The Kier molecular flexibility index (Phi) is 5.43. The van der Waals surface area contributed by atoms with Crippen LogP contribution in [-0.4, -0.2) is 24.8 Å². The standard InChI is InChI=1S/C15H19NO4/c1-5-6-14(18)11-8-12(15(19)20-4)13(7-9(11)2)16-10(3)17/h7-8H,5-6H2,1-4H3,(H,16,17). The maximum Gasteiger partial charge on any atom is 0.339 e. The van der Waals surface area contributed by atoms with Crippen molar-refractivity contribution in [3.63, 3.8) is 0 Å². The van der Waals surface area contributed by atoms with Gasteiger partial charge in [-0.1, -0.05) is 6.92 Å². The first kappa shape index (κ1) is 15.9. The normalized spacial score (nSPS) is 10.0. The topological polar surface area (TPSA) is 72.5 Å². The molecule has 20 heavy (non-hydrogen) atoms. The Labute approximate surface area is 118 Å². The SMILES string of the molecule is CCCC(=O)c1cc(C(=O)OC)c(NC(C)=O)cc1C. The summed E-state index contributed by atoms with van der Waals surface area (Å²) in [4.78, 5) is 35.0. The average Bonchev–Trinajstić information content (AvgIpc) is 2.37. The molecule has 0 bridgehead atoms. The van der Waals surface area contributed by atoms with E-state index in [0.717, 1.165) is 12.0 Å². The van der Waals surface area contributed by atoms with Gasteiger partial charge in [0.2, 0.25) is 5.91 Å². The second-order valence-electron chi connectivity index (χ2n) is 4.56. The van der Waals surface area contributed by atoms with Crippen LogP contribution in [0.1, 0.15) is 53.0 Å². The van der Waals surface area contributed by atoms with Gasteiger partial charge < -0.3 is 10.1 Å². The second kappa shape index (κ2) is 6.84. The number of carbonyl (C=O) groups is 3. The number of hydrogen-bond donors (Lipinski definition) is 1. The number of anilines is 1. The highest BCUT2D eigenvalue weighted by atomic mass is 16.5. The van der Waals surface area contributed by atoms with Crippen molar-refractivity contribution >= 4 is 23.3 Å². The molecule has 5 nitrogen and oxygen atoms in total. The Morgan fingerprint density at radius 1 is 1.20 bits per heavy atom. The van der Waals surface area contributed by atoms with Crippen LogP contribution in [0.3, 0.4) is 0 Å². The van der Waals surface area contributed by atoms with Crippen LogP contribution in [-0.2, 0) is 9.53 Å². The molecule has 0 aliphatic carbocycles. The van der Waals surface area contributed by atoms with Crippen LogP contribution in [0, 0.1) is 6.92 Å². The van der Waals surface area contributed by atoms with Gasteiger partial charge in [-0.3, -0.25) is 9.59 Å². The van der Waals surface area contributed by atoms with Gasteiger partial charge in [-0.2, -0.15) is 0 Å². The number of methoxy groups -OCH3 is 1. The number of ether oxygens (including phenoxy) is 1. The van der Waals surface area contributed by atoms with Crippen molar-refractivity contribution in [2.24, 2.45) is 0 Å². The molecule has 0 unspecified atom stereocenters. The van der Waals surface area contributed by atoms with Crippen LogP contribution in [0.5, 0.6) is 0 Å². The molecule has 0 aliphatic heterocycles. The molecule has 0 fully saturated rings. The second-order valence-corrected chi connectivity index (χ2v) is 4.56. The summed E-state index contributed by atoms with van der Waals surface area (Å²) in [7, 11) is 1.26. The van der Waals surface area contributed by atoms with Crippen LogP contribution in [0.4, 0.5) is 5.69 Å². The molecule has 0 atom stereocenters. The lowest BCUT2D eigenvalue weighted by molar-refractivity contribution is -0.114.